The summed E-state index contributed by atoms with van der Waals surface area (Å²) in [6.07, 6.45) is 0.962. The minimum Gasteiger partial charge on any atom is -0.345 e. The standard InChI is InChI=1S/2C21H19Cl3FN3O2S2/c1-13-6-20(19(24)11-18(13)23)32(29,30)28-4-2-27(3-5-28)21-26-17(12-31-21)9-14-7-15(22)10-16(25)8-14;1-13-8-20(18(24)11-17(13)23)32(29,30)28-6-4-27(5-7-28)21-26-15(12-31-21)9-14-2-3-16(22)19(25)10-14/h6-8,10-12H,2-5,9H2,1H3;2-3,8,10-12H,4-7,9H2,1H3. The quantitative estimate of drug-likeness (QED) is 0.134. The molecule has 0 aliphatic carbocycles. The minimum absolute atomic E-state index is 0.0693. The van der Waals surface area contributed by atoms with Gasteiger partial charge in [-0.15, -0.1) is 22.7 Å². The Bertz CT molecular complexity index is 2890. The van der Waals surface area contributed by atoms with Gasteiger partial charge in [-0.2, -0.15) is 8.61 Å². The zero-order valence-electron chi connectivity index (χ0n) is 34.0. The third-order valence-corrected chi connectivity index (χ3v) is 18.4. The molecule has 0 N–H and O–H groups in total. The van der Waals surface area contributed by atoms with Crippen LogP contribution >= 0.6 is 92.3 Å². The Labute approximate surface area is 409 Å². The number of benzene rings is 4. The Hall–Kier alpha value is -2.84. The monoisotopic (exact) mass is 1070 g/mol. The predicted octanol–water partition coefficient (Wildman–Crippen LogP) is 11.3. The van der Waals surface area contributed by atoms with Gasteiger partial charge in [0.15, 0.2) is 10.3 Å². The zero-order valence-corrected chi connectivity index (χ0v) is 41.8. The summed E-state index contributed by atoms with van der Waals surface area (Å²) in [5.74, 6) is -0.829. The fraction of sp³-hybridized carbons (Fsp3) is 0.286. The first kappa shape index (κ1) is 49.1. The van der Waals surface area contributed by atoms with Gasteiger partial charge in [0, 0.05) is 91.0 Å². The highest BCUT2D eigenvalue weighted by Gasteiger charge is 2.33. The molecule has 6 aromatic rings. The van der Waals surface area contributed by atoms with Gasteiger partial charge in [-0.1, -0.05) is 75.7 Å². The van der Waals surface area contributed by atoms with Crippen LogP contribution in [0, 0.1) is 25.5 Å². The van der Waals surface area contributed by atoms with Crippen LogP contribution in [0.15, 0.2) is 81.2 Å². The van der Waals surface area contributed by atoms with E-state index in [2.05, 4.69) is 14.9 Å². The molecular formula is C42H38Cl6F2N6O4S4. The normalized spacial score (nSPS) is 15.3. The average molecular weight is 1070 g/mol. The number of hydrogen-bond donors (Lipinski definition) is 0. The molecule has 2 saturated heterocycles. The predicted molar refractivity (Wildman–Crippen MR) is 257 cm³/mol. The molecule has 2 aliphatic heterocycles. The van der Waals surface area contributed by atoms with Crippen molar-refractivity contribution in [2.45, 2.75) is 36.5 Å². The van der Waals surface area contributed by atoms with Crippen LogP contribution in [0.3, 0.4) is 0 Å². The van der Waals surface area contributed by atoms with E-state index in [1.54, 1.807) is 26.0 Å². The molecule has 2 aliphatic rings. The average Bonchev–Trinajstić information content (AvgIpc) is 3.92. The Morgan fingerprint density at radius 3 is 1.44 bits per heavy atom. The SMILES string of the molecule is Cc1cc(S(=O)(=O)N2CCN(c3nc(Cc4cc(F)cc(Cl)c4)cs3)CC2)c(Cl)cc1Cl.Cc1cc(S(=O)(=O)N2CCN(c3nc(Cc4ccc(Cl)c(F)c4)cs3)CC2)c(Cl)cc1Cl. The largest absolute Gasteiger partial charge is 0.345 e. The van der Waals surface area contributed by atoms with Crippen molar-refractivity contribution in [2.75, 3.05) is 62.2 Å². The molecule has 0 saturated carbocycles. The lowest BCUT2D eigenvalue weighted by Gasteiger charge is -2.34. The first-order valence-electron chi connectivity index (χ1n) is 19.5. The molecule has 8 rings (SSSR count). The fourth-order valence-electron chi connectivity index (χ4n) is 7.00. The van der Waals surface area contributed by atoms with Crippen molar-refractivity contribution in [2.24, 2.45) is 0 Å². The van der Waals surface area contributed by atoms with E-state index >= 15 is 0 Å². The third-order valence-electron chi connectivity index (χ3n) is 10.4. The van der Waals surface area contributed by atoms with E-state index in [1.165, 1.54) is 79.8 Å². The lowest BCUT2D eigenvalue weighted by atomic mass is 10.1. The summed E-state index contributed by atoms with van der Waals surface area (Å²) in [7, 11) is -7.46. The maximum absolute atomic E-state index is 13.7. The molecule has 340 valence electrons. The number of anilines is 2. The molecule has 0 unspecified atom stereocenters. The summed E-state index contributed by atoms with van der Waals surface area (Å²) in [6, 6.07) is 15.1. The Morgan fingerprint density at radius 1 is 0.547 bits per heavy atom. The van der Waals surface area contributed by atoms with E-state index in [1.807, 2.05) is 15.7 Å². The number of rotatable bonds is 10. The number of piperazine rings is 2. The molecule has 64 heavy (non-hydrogen) atoms. The highest BCUT2D eigenvalue weighted by molar-refractivity contribution is 7.89. The molecule has 0 amide bonds. The van der Waals surface area contributed by atoms with Crippen molar-refractivity contribution < 1.29 is 25.6 Å². The van der Waals surface area contributed by atoms with E-state index in [-0.39, 0.29) is 30.7 Å². The van der Waals surface area contributed by atoms with Gasteiger partial charge in [-0.3, -0.25) is 0 Å². The van der Waals surface area contributed by atoms with Gasteiger partial charge in [0.25, 0.3) is 0 Å². The molecule has 22 heteroatoms. The Kier molecular flexibility index (Phi) is 15.8. The van der Waals surface area contributed by atoms with Crippen molar-refractivity contribution in [3.63, 3.8) is 0 Å². The van der Waals surface area contributed by atoms with Crippen molar-refractivity contribution in [1.82, 2.24) is 18.6 Å². The maximum atomic E-state index is 13.7. The van der Waals surface area contributed by atoms with E-state index in [0.29, 0.717) is 91.4 Å². The summed E-state index contributed by atoms with van der Waals surface area (Å²) < 4.78 is 82.5. The molecule has 2 aromatic heterocycles. The number of thiazole rings is 2. The van der Waals surface area contributed by atoms with Crippen molar-refractivity contribution in [3.05, 3.63) is 147 Å². The highest BCUT2D eigenvalue weighted by atomic mass is 35.5. The van der Waals surface area contributed by atoms with Gasteiger partial charge in [-0.25, -0.2) is 35.6 Å². The van der Waals surface area contributed by atoms with Gasteiger partial charge in [0.05, 0.1) is 26.5 Å². The van der Waals surface area contributed by atoms with Crippen LogP contribution in [0.1, 0.15) is 33.6 Å². The summed E-state index contributed by atoms with van der Waals surface area (Å²) in [5.41, 5.74) is 4.48. The second-order valence-electron chi connectivity index (χ2n) is 15.0. The summed E-state index contributed by atoms with van der Waals surface area (Å²) in [6.45, 7) is 6.77. The number of halogens is 8. The van der Waals surface area contributed by atoms with Crippen LogP contribution in [0.25, 0.3) is 0 Å². The van der Waals surface area contributed by atoms with E-state index in [4.69, 9.17) is 69.6 Å². The van der Waals surface area contributed by atoms with Crippen molar-refractivity contribution in [1.29, 1.82) is 0 Å². The van der Waals surface area contributed by atoms with Crippen LogP contribution in [0.2, 0.25) is 30.1 Å². The second-order valence-corrected chi connectivity index (χ2v) is 22.9. The molecule has 2 fully saturated rings. The zero-order chi connectivity index (χ0) is 46.1. The Morgan fingerprint density at radius 2 is 1.00 bits per heavy atom. The van der Waals surface area contributed by atoms with Crippen LogP contribution in [-0.2, 0) is 32.9 Å². The Balaban J connectivity index is 0.000000191. The molecule has 10 nitrogen and oxygen atoms in total. The number of aromatic nitrogens is 2. The number of sulfonamides is 2. The molecule has 0 spiro atoms. The topological polar surface area (TPSA) is 107 Å². The summed E-state index contributed by atoms with van der Waals surface area (Å²) in [4.78, 5) is 13.5. The van der Waals surface area contributed by atoms with Crippen LogP contribution in [-0.4, -0.2) is 87.8 Å². The van der Waals surface area contributed by atoms with Gasteiger partial charge >= 0.3 is 0 Å². The summed E-state index contributed by atoms with van der Waals surface area (Å²) >= 11 is 39.1. The van der Waals surface area contributed by atoms with E-state index in [0.717, 1.165) is 32.8 Å². The van der Waals surface area contributed by atoms with Crippen LogP contribution < -0.4 is 9.80 Å². The third kappa shape index (κ3) is 11.5. The molecule has 0 bridgehead atoms. The molecule has 0 radical (unpaired) electrons. The second kappa shape index (κ2) is 20.6. The molecule has 4 aromatic carbocycles. The highest BCUT2D eigenvalue weighted by Crippen LogP contribution is 2.34. The van der Waals surface area contributed by atoms with Crippen molar-refractivity contribution in [3.8, 4) is 0 Å². The van der Waals surface area contributed by atoms with Gasteiger partial charge in [0.2, 0.25) is 20.0 Å². The van der Waals surface area contributed by atoms with E-state index < -0.39 is 25.9 Å². The maximum Gasteiger partial charge on any atom is 0.244 e. The summed E-state index contributed by atoms with van der Waals surface area (Å²) in [5, 5.41) is 7.01. The molecular weight excluding hydrogens is 1030 g/mol. The number of aryl methyl sites for hydroxylation is 2. The van der Waals surface area contributed by atoms with Gasteiger partial charge < -0.3 is 9.80 Å². The van der Waals surface area contributed by atoms with Gasteiger partial charge in [0.1, 0.15) is 21.4 Å². The molecule has 4 heterocycles. The lowest BCUT2D eigenvalue weighted by molar-refractivity contribution is 0.384. The fourth-order valence-corrected chi connectivity index (χ4v) is 13.6. The number of nitrogens with zero attached hydrogens (tertiary/aromatic N) is 6. The molecule has 0 atom stereocenters. The van der Waals surface area contributed by atoms with Crippen molar-refractivity contribution >= 4 is 123 Å². The smallest absolute Gasteiger partial charge is 0.244 e. The first-order valence-corrected chi connectivity index (χ1v) is 26.4. The minimum atomic E-state index is -3.73. The van der Waals surface area contributed by atoms with E-state index in [9.17, 15) is 25.6 Å². The lowest BCUT2D eigenvalue weighted by Crippen LogP contribution is -2.48. The van der Waals surface area contributed by atoms with Gasteiger partial charge in [-0.05, 0) is 90.7 Å². The van der Waals surface area contributed by atoms with Crippen LogP contribution in [0.5, 0.6) is 0 Å². The first-order chi connectivity index (χ1) is 30.3. The van der Waals surface area contributed by atoms with Crippen LogP contribution in [0.4, 0.5) is 19.0 Å². The number of hydrogen-bond acceptors (Lipinski definition) is 10.